The zero-order valence-electron chi connectivity index (χ0n) is 15.3. The Morgan fingerprint density at radius 1 is 1.00 bits per heavy atom. The number of imidazole rings is 2. The van der Waals surface area contributed by atoms with Crippen LogP contribution in [0, 0.1) is 18.8 Å². The van der Waals surface area contributed by atoms with E-state index in [1.165, 1.54) is 18.5 Å². The van der Waals surface area contributed by atoms with Crippen LogP contribution in [0.2, 0.25) is 0 Å². The predicted octanol–water partition coefficient (Wildman–Crippen LogP) is 3.72. The monoisotopic (exact) mass is 353 g/mol. The molecule has 5 heteroatoms. The summed E-state index contributed by atoms with van der Waals surface area (Å²) in [5, 5.41) is 4.66. The number of fused-ring (bicyclic) bond motifs is 1. The molecule has 3 aromatic heterocycles. The van der Waals surface area contributed by atoms with E-state index in [1.54, 1.807) is 0 Å². The number of aryl methyl sites for hydroxylation is 2. The van der Waals surface area contributed by atoms with Gasteiger partial charge in [-0.25, -0.2) is 14.5 Å². The van der Waals surface area contributed by atoms with Gasteiger partial charge < -0.3 is 4.57 Å². The molecule has 1 aliphatic carbocycles. The van der Waals surface area contributed by atoms with Crippen LogP contribution in [0.15, 0.2) is 48.7 Å². The van der Waals surface area contributed by atoms with E-state index in [0.29, 0.717) is 5.92 Å². The number of hydrogen-bond acceptors (Lipinski definition) is 3. The molecule has 0 atom stereocenters. The van der Waals surface area contributed by atoms with Crippen LogP contribution in [0.25, 0.3) is 16.9 Å². The molecule has 0 N–H and O–H groups in total. The maximum absolute atomic E-state index is 4.72. The van der Waals surface area contributed by atoms with Crippen molar-refractivity contribution in [3.05, 3.63) is 71.6 Å². The quantitative estimate of drug-likeness (QED) is 0.516. The van der Waals surface area contributed by atoms with Gasteiger partial charge in [0.05, 0.1) is 17.1 Å². The minimum atomic E-state index is 0.616. The SMILES string of the molecule is Cc1c(C2CC2)nc2ccc(C#Cc3nc(-c4ccccc4)cn3C)nn12. The molecule has 0 amide bonds. The molecule has 1 aliphatic rings. The molecule has 27 heavy (non-hydrogen) atoms. The average molecular weight is 353 g/mol. The number of rotatable bonds is 2. The summed E-state index contributed by atoms with van der Waals surface area (Å²) in [6.07, 6.45) is 4.47. The second-order valence-corrected chi connectivity index (χ2v) is 7.02. The van der Waals surface area contributed by atoms with E-state index < -0.39 is 0 Å². The van der Waals surface area contributed by atoms with E-state index in [4.69, 9.17) is 4.98 Å². The maximum atomic E-state index is 4.72. The van der Waals surface area contributed by atoms with Crippen LogP contribution in [0.4, 0.5) is 0 Å². The number of aromatic nitrogens is 5. The molecule has 0 radical (unpaired) electrons. The molecule has 132 valence electrons. The van der Waals surface area contributed by atoms with Crippen molar-refractivity contribution in [2.24, 2.45) is 7.05 Å². The summed E-state index contributed by atoms with van der Waals surface area (Å²) in [6, 6.07) is 14.0. The van der Waals surface area contributed by atoms with E-state index in [0.717, 1.165) is 34.1 Å². The summed E-state index contributed by atoms with van der Waals surface area (Å²) >= 11 is 0. The van der Waals surface area contributed by atoms with Crippen LogP contribution in [-0.4, -0.2) is 24.1 Å². The molecule has 0 saturated heterocycles. The highest BCUT2D eigenvalue weighted by molar-refractivity contribution is 5.59. The number of hydrogen-bond donors (Lipinski definition) is 0. The minimum Gasteiger partial charge on any atom is -0.327 e. The van der Waals surface area contributed by atoms with Gasteiger partial charge in [0.15, 0.2) is 11.5 Å². The van der Waals surface area contributed by atoms with Crippen molar-refractivity contribution in [1.29, 1.82) is 0 Å². The molecular formula is C22H19N5. The molecule has 0 aliphatic heterocycles. The Hall–Kier alpha value is -3.39. The largest absolute Gasteiger partial charge is 0.327 e. The van der Waals surface area contributed by atoms with Gasteiger partial charge in [-0.3, -0.25) is 0 Å². The fraction of sp³-hybridized carbons (Fsp3) is 0.227. The Balaban J connectivity index is 1.48. The van der Waals surface area contributed by atoms with Gasteiger partial charge in [0.25, 0.3) is 0 Å². The van der Waals surface area contributed by atoms with Gasteiger partial charge in [-0.15, -0.1) is 0 Å². The molecule has 5 nitrogen and oxygen atoms in total. The van der Waals surface area contributed by atoms with Crippen molar-refractivity contribution >= 4 is 5.65 Å². The van der Waals surface area contributed by atoms with E-state index in [1.807, 2.05) is 64.8 Å². The van der Waals surface area contributed by atoms with Crippen molar-refractivity contribution in [3.63, 3.8) is 0 Å². The predicted molar refractivity (Wildman–Crippen MR) is 104 cm³/mol. The normalized spacial score (nSPS) is 13.6. The summed E-state index contributed by atoms with van der Waals surface area (Å²) < 4.78 is 3.85. The third-order valence-electron chi connectivity index (χ3n) is 4.95. The zero-order valence-corrected chi connectivity index (χ0v) is 15.3. The summed E-state index contributed by atoms with van der Waals surface area (Å²) in [4.78, 5) is 9.37. The Kier molecular flexibility index (Phi) is 3.58. The van der Waals surface area contributed by atoms with E-state index in [-0.39, 0.29) is 0 Å². The van der Waals surface area contributed by atoms with Gasteiger partial charge in [0, 0.05) is 24.7 Å². The lowest BCUT2D eigenvalue weighted by Gasteiger charge is -1.97. The van der Waals surface area contributed by atoms with Crippen LogP contribution < -0.4 is 0 Å². The molecule has 3 heterocycles. The second kappa shape index (κ2) is 6.10. The second-order valence-electron chi connectivity index (χ2n) is 7.02. The molecule has 1 aromatic carbocycles. The third-order valence-corrected chi connectivity index (χ3v) is 4.95. The summed E-state index contributed by atoms with van der Waals surface area (Å²) in [5.41, 5.74) is 5.93. The highest BCUT2D eigenvalue weighted by Gasteiger charge is 2.28. The molecular weight excluding hydrogens is 334 g/mol. The molecule has 5 rings (SSSR count). The summed E-state index contributed by atoms with van der Waals surface area (Å²) in [5.74, 6) is 7.63. The van der Waals surface area contributed by atoms with Crippen molar-refractivity contribution in [1.82, 2.24) is 24.1 Å². The van der Waals surface area contributed by atoms with Crippen LogP contribution in [0.3, 0.4) is 0 Å². The van der Waals surface area contributed by atoms with Gasteiger partial charge in [-0.1, -0.05) is 30.3 Å². The van der Waals surface area contributed by atoms with Crippen LogP contribution >= 0.6 is 0 Å². The van der Waals surface area contributed by atoms with Gasteiger partial charge in [-0.05, 0) is 43.7 Å². The van der Waals surface area contributed by atoms with E-state index >= 15 is 0 Å². The molecule has 1 saturated carbocycles. The van der Waals surface area contributed by atoms with Crippen LogP contribution in [-0.2, 0) is 7.05 Å². The zero-order chi connectivity index (χ0) is 18.4. The first-order valence-corrected chi connectivity index (χ1v) is 9.16. The van der Waals surface area contributed by atoms with Crippen LogP contribution in [0.5, 0.6) is 0 Å². The van der Waals surface area contributed by atoms with Crippen molar-refractivity contribution < 1.29 is 0 Å². The first-order chi connectivity index (χ1) is 13.2. The number of nitrogens with zero attached hydrogens (tertiary/aromatic N) is 5. The lowest BCUT2D eigenvalue weighted by atomic mass is 10.2. The summed E-state index contributed by atoms with van der Waals surface area (Å²) in [7, 11) is 1.96. The number of benzene rings is 1. The van der Waals surface area contributed by atoms with E-state index in [2.05, 4.69) is 28.8 Å². The van der Waals surface area contributed by atoms with Gasteiger partial charge >= 0.3 is 0 Å². The molecule has 0 unspecified atom stereocenters. The Morgan fingerprint density at radius 2 is 1.81 bits per heavy atom. The topological polar surface area (TPSA) is 48.0 Å². The first-order valence-electron chi connectivity index (χ1n) is 9.16. The smallest absolute Gasteiger partial charge is 0.186 e. The van der Waals surface area contributed by atoms with Crippen molar-refractivity contribution in [2.45, 2.75) is 25.7 Å². The fourth-order valence-electron chi connectivity index (χ4n) is 3.32. The fourth-order valence-corrected chi connectivity index (χ4v) is 3.32. The van der Waals surface area contributed by atoms with Crippen molar-refractivity contribution in [2.75, 3.05) is 0 Å². The molecule has 0 spiro atoms. The van der Waals surface area contributed by atoms with Crippen molar-refractivity contribution in [3.8, 4) is 23.1 Å². The van der Waals surface area contributed by atoms with Crippen LogP contribution in [0.1, 0.15) is 41.7 Å². The molecule has 4 aromatic rings. The van der Waals surface area contributed by atoms with Gasteiger partial charge in [0.2, 0.25) is 0 Å². The van der Waals surface area contributed by atoms with Gasteiger partial charge in [0.1, 0.15) is 5.69 Å². The standard InChI is InChI=1S/C22H19N5/c1-15-22(17-8-9-17)24-21-13-11-18(25-27(15)21)10-12-20-23-19(14-26(20)2)16-6-4-3-5-7-16/h3-7,11,13-14,17H,8-9H2,1-2H3. The highest BCUT2D eigenvalue weighted by atomic mass is 15.3. The third kappa shape index (κ3) is 2.89. The lowest BCUT2D eigenvalue weighted by molar-refractivity contribution is 0.876. The molecule has 0 bridgehead atoms. The van der Waals surface area contributed by atoms with Gasteiger partial charge in [-0.2, -0.15) is 5.10 Å². The molecule has 1 fully saturated rings. The minimum absolute atomic E-state index is 0.616. The first kappa shape index (κ1) is 15.8. The maximum Gasteiger partial charge on any atom is 0.186 e. The van der Waals surface area contributed by atoms with E-state index in [9.17, 15) is 0 Å². The Bertz CT molecular complexity index is 1200. The Labute approximate surface area is 157 Å². The highest BCUT2D eigenvalue weighted by Crippen LogP contribution is 2.40. The summed E-state index contributed by atoms with van der Waals surface area (Å²) in [6.45, 7) is 2.09. The average Bonchev–Trinajstić information content (AvgIpc) is 3.40. The lowest BCUT2D eigenvalue weighted by Crippen LogP contribution is -1.97. The Morgan fingerprint density at radius 3 is 2.59 bits per heavy atom.